The molecule has 98 valence electrons. The Morgan fingerprint density at radius 1 is 1.59 bits per heavy atom. The molecule has 0 aromatic heterocycles. The Kier molecular flexibility index (Phi) is 4.89. The van der Waals surface area contributed by atoms with Gasteiger partial charge >= 0.3 is 5.97 Å². The fraction of sp³-hybridized carbons (Fsp3) is 0.818. The molecule has 0 aromatic rings. The number of carboxylic acids is 1. The molecule has 1 fully saturated rings. The quantitative estimate of drug-likeness (QED) is 0.696. The van der Waals surface area contributed by atoms with E-state index in [9.17, 15) is 9.59 Å². The molecule has 1 aliphatic heterocycles. The van der Waals surface area contributed by atoms with Crippen LogP contribution in [0.2, 0.25) is 0 Å². The molecule has 1 saturated heterocycles. The summed E-state index contributed by atoms with van der Waals surface area (Å²) in [6, 6.07) is 0. The van der Waals surface area contributed by atoms with Gasteiger partial charge in [0.15, 0.2) is 5.54 Å². The van der Waals surface area contributed by atoms with Gasteiger partial charge in [-0.25, -0.2) is 4.79 Å². The number of hydrogen-bond acceptors (Lipinski definition) is 4. The minimum absolute atomic E-state index is 0.0126. The van der Waals surface area contributed by atoms with Crippen LogP contribution in [0.15, 0.2) is 0 Å². The van der Waals surface area contributed by atoms with Gasteiger partial charge in [-0.3, -0.25) is 4.79 Å². The summed E-state index contributed by atoms with van der Waals surface area (Å²) in [6.07, 6.45) is 1.12. The SMILES string of the molecule is COC(C)CCC(=O)NC1(C(=O)O)CCOC1. The van der Waals surface area contributed by atoms with Gasteiger partial charge in [-0.1, -0.05) is 0 Å². The summed E-state index contributed by atoms with van der Waals surface area (Å²) in [4.78, 5) is 22.8. The Hall–Kier alpha value is -1.14. The number of ether oxygens (including phenoxy) is 2. The highest BCUT2D eigenvalue weighted by Crippen LogP contribution is 2.19. The van der Waals surface area contributed by atoms with Crippen LogP contribution >= 0.6 is 0 Å². The molecule has 6 nitrogen and oxygen atoms in total. The third-order valence-corrected chi connectivity index (χ3v) is 2.99. The summed E-state index contributed by atoms with van der Waals surface area (Å²) in [5, 5.41) is 11.7. The van der Waals surface area contributed by atoms with Crippen LogP contribution in [0.1, 0.15) is 26.2 Å². The lowest BCUT2D eigenvalue weighted by Crippen LogP contribution is -2.55. The fourth-order valence-corrected chi connectivity index (χ4v) is 1.67. The number of amides is 1. The normalized spacial score (nSPS) is 25.5. The zero-order valence-electron chi connectivity index (χ0n) is 10.2. The van der Waals surface area contributed by atoms with E-state index in [-0.39, 0.29) is 25.0 Å². The first-order valence-corrected chi connectivity index (χ1v) is 5.65. The highest BCUT2D eigenvalue weighted by atomic mass is 16.5. The van der Waals surface area contributed by atoms with E-state index in [1.807, 2.05) is 6.92 Å². The molecule has 1 heterocycles. The molecule has 1 rings (SSSR count). The van der Waals surface area contributed by atoms with E-state index in [4.69, 9.17) is 14.6 Å². The van der Waals surface area contributed by atoms with Gasteiger partial charge in [-0.2, -0.15) is 0 Å². The highest BCUT2D eigenvalue weighted by Gasteiger charge is 2.43. The number of nitrogens with one attached hydrogen (secondary N) is 1. The molecule has 0 radical (unpaired) electrons. The lowest BCUT2D eigenvalue weighted by molar-refractivity contribution is -0.147. The maximum atomic E-state index is 11.6. The molecule has 2 atom stereocenters. The largest absolute Gasteiger partial charge is 0.479 e. The summed E-state index contributed by atoms with van der Waals surface area (Å²) in [5.74, 6) is -1.31. The van der Waals surface area contributed by atoms with Gasteiger partial charge in [0.05, 0.1) is 12.7 Å². The van der Waals surface area contributed by atoms with Crippen LogP contribution in [0.25, 0.3) is 0 Å². The first-order chi connectivity index (χ1) is 8.00. The summed E-state index contributed by atoms with van der Waals surface area (Å²) in [7, 11) is 1.58. The van der Waals surface area contributed by atoms with Gasteiger partial charge in [-0.15, -0.1) is 0 Å². The third kappa shape index (κ3) is 3.67. The summed E-state index contributed by atoms with van der Waals surface area (Å²) < 4.78 is 10.1. The third-order valence-electron chi connectivity index (χ3n) is 2.99. The van der Waals surface area contributed by atoms with Crippen molar-refractivity contribution in [3.63, 3.8) is 0 Å². The van der Waals surface area contributed by atoms with Crippen LogP contribution in [0.4, 0.5) is 0 Å². The molecular formula is C11H19NO5. The zero-order valence-corrected chi connectivity index (χ0v) is 10.2. The van der Waals surface area contributed by atoms with E-state index in [1.54, 1.807) is 7.11 Å². The molecule has 0 aliphatic carbocycles. The lowest BCUT2D eigenvalue weighted by atomic mass is 9.98. The monoisotopic (exact) mass is 245 g/mol. The van der Waals surface area contributed by atoms with Crippen LogP contribution in [0.5, 0.6) is 0 Å². The smallest absolute Gasteiger partial charge is 0.331 e. The fourth-order valence-electron chi connectivity index (χ4n) is 1.67. The van der Waals surface area contributed by atoms with E-state index < -0.39 is 11.5 Å². The summed E-state index contributed by atoms with van der Waals surface area (Å²) >= 11 is 0. The number of aliphatic carboxylic acids is 1. The molecule has 1 aliphatic rings. The van der Waals surface area contributed by atoms with E-state index in [0.717, 1.165) is 0 Å². The Morgan fingerprint density at radius 2 is 2.29 bits per heavy atom. The van der Waals surface area contributed by atoms with Crippen LogP contribution < -0.4 is 5.32 Å². The minimum atomic E-state index is -1.24. The van der Waals surface area contributed by atoms with Crippen molar-refractivity contribution in [3.8, 4) is 0 Å². The Morgan fingerprint density at radius 3 is 2.76 bits per heavy atom. The van der Waals surface area contributed by atoms with Gasteiger partial charge in [-0.05, 0) is 13.3 Å². The second kappa shape index (κ2) is 5.97. The lowest BCUT2D eigenvalue weighted by Gasteiger charge is -2.23. The average Bonchev–Trinajstić information content (AvgIpc) is 2.75. The van der Waals surface area contributed by atoms with E-state index in [0.29, 0.717) is 19.4 Å². The molecule has 17 heavy (non-hydrogen) atoms. The predicted octanol–water partition coefficient (Wildman–Crippen LogP) is 0.161. The van der Waals surface area contributed by atoms with Gasteiger partial charge < -0.3 is 19.9 Å². The average molecular weight is 245 g/mol. The highest BCUT2D eigenvalue weighted by molar-refractivity contribution is 5.87. The zero-order chi connectivity index (χ0) is 12.9. The Bertz CT molecular complexity index is 286. The second-order valence-corrected chi connectivity index (χ2v) is 4.32. The molecule has 1 amide bonds. The van der Waals surface area contributed by atoms with Crippen molar-refractivity contribution in [1.82, 2.24) is 5.32 Å². The van der Waals surface area contributed by atoms with Crippen LogP contribution in [-0.4, -0.2) is 48.9 Å². The molecule has 0 spiro atoms. The van der Waals surface area contributed by atoms with Crippen LogP contribution in [0, 0.1) is 0 Å². The first-order valence-electron chi connectivity index (χ1n) is 5.65. The molecule has 0 bridgehead atoms. The predicted molar refractivity (Wildman–Crippen MR) is 59.7 cm³/mol. The van der Waals surface area contributed by atoms with E-state index in [2.05, 4.69) is 5.32 Å². The van der Waals surface area contributed by atoms with Crippen molar-refractivity contribution in [3.05, 3.63) is 0 Å². The van der Waals surface area contributed by atoms with Crippen molar-refractivity contribution < 1.29 is 24.2 Å². The van der Waals surface area contributed by atoms with Crippen molar-refractivity contribution >= 4 is 11.9 Å². The second-order valence-electron chi connectivity index (χ2n) is 4.32. The molecule has 0 aromatic carbocycles. The molecule has 0 saturated carbocycles. The number of carbonyl (C=O) groups excluding carboxylic acids is 1. The minimum Gasteiger partial charge on any atom is -0.479 e. The Labute approximate surface area is 100 Å². The Balaban J connectivity index is 2.45. The van der Waals surface area contributed by atoms with Gasteiger partial charge in [0, 0.05) is 26.6 Å². The first kappa shape index (κ1) is 13.9. The van der Waals surface area contributed by atoms with E-state index >= 15 is 0 Å². The number of carboxylic acid groups (broad SMARTS) is 1. The summed E-state index contributed by atoms with van der Waals surface area (Å²) in [6.45, 7) is 2.26. The number of methoxy groups -OCH3 is 1. The van der Waals surface area contributed by atoms with Crippen molar-refractivity contribution in [2.24, 2.45) is 0 Å². The number of hydrogen-bond donors (Lipinski definition) is 2. The van der Waals surface area contributed by atoms with Crippen molar-refractivity contribution in [2.75, 3.05) is 20.3 Å². The van der Waals surface area contributed by atoms with E-state index in [1.165, 1.54) is 0 Å². The van der Waals surface area contributed by atoms with Crippen molar-refractivity contribution in [1.29, 1.82) is 0 Å². The van der Waals surface area contributed by atoms with Crippen LogP contribution in [-0.2, 0) is 19.1 Å². The molecular weight excluding hydrogens is 226 g/mol. The van der Waals surface area contributed by atoms with Gasteiger partial charge in [0.2, 0.25) is 5.91 Å². The molecule has 2 unspecified atom stereocenters. The molecule has 6 heteroatoms. The maximum absolute atomic E-state index is 11.6. The van der Waals surface area contributed by atoms with Gasteiger partial charge in [0.1, 0.15) is 0 Å². The van der Waals surface area contributed by atoms with Crippen LogP contribution in [0.3, 0.4) is 0 Å². The topological polar surface area (TPSA) is 84.9 Å². The van der Waals surface area contributed by atoms with Crippen molar-refractivity contribution in [2.45, 2.75) is 37.8 Å². The summed E-state index contributed by atoms with van der Waals surface area (Å²) in [5.41, 5.74) is -1.24. The molecule has 2 N–H and O–H groups in total. The number of carbonyl (C=O) groups is 2. The van der Waals surface area contributed by atoms with Gasteiger partial charge in [0.25, 0.3) is 0 Å². The maximum Gasteiger partial charge on any atom is 0.331 e. The standard InChI is InChI=1S/C11H19NO5/c1-8(16-2)3-4-9(13)12-11(10(14)15)5-6-17-7-11/h8H,3-7H2,1-2H3,(H,12,13)(H,14,15). The number of rotatable bonds is 6.